The van der Waals surface area contributed by atoms with Gasteiger partial charge in [-0.2, -0.15) is 0 Å². The van der Waals surface area contributed by atoms with Gasteiger partial charge in [0.2, 0.25) is 0 Å². The van der Waals surface area contributed by atoms with Crippen LogP contribution in [0.3, 0.4) is 0 Å². The van der Waals surface area contributed by atoms with Crippen molar-refractivity contribution in [1.29, 1.82) is 0 Å². The number of aliphatic hydroxyl groups is 5. The number of rotatable bonds is 9. The van der Waals surface area contributed by atoms with Gasteiger partial charge in [-0.1, -0.05) is 0 Å². The molecule has 31 heavy (non-hydrogen) atoms. The Morgan fingerprint density at radius 1 is 0.581 bits per heavy atom. The van der Waals surface area contributed by atoms with Crippen molar-refractivity contribution in [2.75, 3.05) is 0 Å². The Morgan fingerprint density at radius 3 is 1.23 bits per heavy atom. The van der Waals surface area contributed by atoms with E-state index in [1.807, 2.05) is 0 Å². The molecule has 0 amide bonds. The second-order valence-electron chi connectivity index (χ2n) is 4.71. The van der Waals surface area contributed by atoms with Crippen LogP contribution >= 0.6 is 0 Å². The first-order valence-corrected chi connectivity index (χ1v) is 6.65. The molecule has 0 bridgehead atoms. The minimum absolute atomic E-state index is 0. The minimum atomic E-state index is -2.69. The van der Waals surface area contributed by atoms with Crippen LogP contribution in [0, 0.1) is 0 Å². The average molecular weight is 494 g/mol. The number of esters is 4. The fourth-order valence-electron chi connectivity index (χ4n) is 1.21. The molecule has 0 heterocycles. The van der Waals surface area contributed by atoms with Crippen molar-refractivity contribution in [3.05, 3.63) is 0 Å². The fourth-order valence-corrected chi connectivity index (χ4v) is 1.21. The summed E-state index contributed by atoms with van der Waals surface area (Å²) in [5.41, 5.74) is 0. The van der Waals surface area contributed by atoms with Gasteiger partial charge in [0.05, 0.1) is 6.42 Å². The molecule has 15 nitrogen and oxygen atoms in total. The summed E-state index contributed by atoms with van der Waals surface area (Å²) in [7, 11) is 0. The van der Waals surface area contributed by atoms with Crippen molar-refractivity contribution in [3.8, 4) is 0 Å². The van der Waals surface area contributed by atoms with Gasteiger partial charge in [0.25, 0.3) is 0 Å². The molecule has 5 unspecified atom stereocenters. The summed E-state index contributed by atoms with van der Waals surface area (Å²) in [4.78, 5) is 65.6. The molecular formula is C12H18Na4O15. The number of ether oxygens (including phenoxy) is 2. The van der Waals surface area contributed by atoms with E-state index in [0.29, 0.717) is 0 Å². The molecule has 7 N–H and O–H groups in total. The topological polar surface area (TPSA) is 262 Å². The van der Waals surface area contributed by atoms with Gasteiger partial charge in [0, 0.05) is 0 Å². The van der Waals surface area contributed by atoms with E-state index in [1.54, 1.807) is 0 Å². The quantitative estimate of drug-likeness (QED) is 0.0891. The molecule has 0 fully saturated rings. The number of carbonyl (C=O) groups excluding carboxylic acids is 4. The normalized spacial score (nSPS) is 14.1. The molecule has 0 aliphatic heterocycles. The van der Waals surface area contributed by atoms with Crippen LogP contribution < -0.4 is 118 Å². The molecule has 0 aromatic rings. The van der Waals surface area contributed by atoms with Crippen LogP contribution in [0.4, 0.5) is 0 Å². The van der Waals surface area contributed by atoms with Crippen LogP contribution in [0.5, 0.6) is 0 Å². The third-order valence-corrected chi connectivity index (χ3v) is 2.63. The van der Waals surface area contributed by atoms with Crippen LogP contribution in [0.1, 0.15) is 12.1 Å². The van der Waals surface area contributed by atoms with Crippen molar-refractivity contribution in [2.45, 2.75) is 36.9 Å². The summed E-state index contributed by atoms with van der Waals surface area (Å²) in [5, 5.41) is 61.9. The summed E-state index contributed by atoms with van der Waals surface area (Å²) >= 11 is 0. The van der Waals surface area contributed by atoms with E-state index in [9.17, 15) is 33.9 Å². The van der Waals surface area contributed by atoms with Gasteiger partial charge >= 0.3 is 154 Å². The number of aliphatic carboxylic acids is 2. The molecule has 0 aromatic heterocycles. The molecule has 0 aliphatic carbocycles. The predicted octanol–water partition coefficient (Wildman–Crippen LogP) is -17.0. The van der Waals surface area contributed by atoms with Gasteiger partial charge < -0.3 is 50.9 Å². The standard InChI is InChI=1S/C12H14O15.4Na.4H/c13-2(10(23)27-12(25)7(18)5(16)9(21)22)1-3(14)26-11(24)6(17)4(15)8(19)20;;;;;;;;/h2,4-7,13,15-18H,1H2,(H,19,20)(H,21,22);;;;;;;;/q;4*+1;4*-1. The number of carboxylic acid groups (broad SMARTS) is 2. The molecule has 0 spiro atoms. The number of aliphatic hydroxyl groups excluding tert-OH is 5. The van der Waals surface area contributed by atoms with Crippen molar-refractivity contribution in [3.63, 3.8) is 0 Å². The third-order valence-electron chi connectivity index (χ3n) is 2.63. The van der Waals surface area contributed by atoms with Gasteiger partial charge in [0.1, 0.15) is 0 Å². The monoisotopic (exact) mass is 494 g/mol. The van der Waals surface area contributed by atoms with Gasteiger partial charge in [-0.05, 0) is 0 Å². The Hall–Kier alpha value is 1.02. The number of carboxylic acids is 2. The van der Waals surface area contributed by atoms with E-state index < -0.39 is 72.8 Å². The molecule has 0 aliphatic rings. The molecule has 0 saturated heterocycles. The van der Waals surface area contributed by atoms with Gasteiger partial charge in [0.15, 0.2) is 30.5 Å². The Balaban J connectivity index is -0.000000121. The SMILES string of the molecule is O=C(CC(O)C(=O)OC(=O)C(O)C(O)C(=O)O)OC(=O)C(O)C(O)C(=O)O.[H-].[H-].[H-].[H-].[Na+].[Na+].[Na+].[Na+]. The molecule has 0 saturated carbocycles. The van der Waals surface area contributed by atoms with Crippen molar-refractivity contribution < 1.29 is 198 Å². The second-order valence-corrected chi connectivity index (χ2v) is 4.71. The Bertz CT molecular complexity index is 659. The van der Waals surface area contributed by atoms with Crippen LogP contribution in [0.2, 0.25) is 0 Å². The Labute approximate surface area is 267 Å². The molecule has 19 heteroatoms. The maximum Gasteiger partial charge on any atom is 1.00 e. The summed E-state index contributed by atoms with van der Waals surface area (Å²) < 4.78 is 7.66. The summed E-state index contributed by atoms with van der Waals surface area (Å²) in [5.74, 6) is -11.6. The molecule has 160 valence electrons. The van der Waals surface area contributed by atoms with Crippen molar-refractivity contribution >= 4 is 35.8 Å². The van der Waals surface area contributed by atoms with E-state index in [4.69, 9.17) is 30.6 Å². The van der Waals surface area contributed by atoms with Crippen molar-refractivity contribution in [1.82, 2.24) is 0 Å². The summed E-state index contributed by atoms with van der Waals surface area (Å²) in [6.07, 6.45) is -14.5. The first-order chi connectivity index (χ1) is 12.3. The number of hydrogen-bond acceptors (Lipinski definition) is 13. The Morgan fingerprint density at radius 2 is 0.903 bits per heavy atom. The molecule has 0 rings (SSSR count). The molecule has 0 aromatic carbocycles. The third kappa shape index (κ3) is 15.5. The van der Waals surface area contributed by atoms with Gasteiger partial charge in [-0.15, -0.1) is 0 Å². The zero-order valence-corrected chi connectivity index (χ0v) is 25.0. The zero-order valence-electron chi connectivity index (χ0n) is 21.0. The van der Waals surface area contributed by atoms with Crippen LogP contribution in [0.15, 0.2) is 0 Å². The van der Waals surface area contributed by atoms with Crippen LogP contribution in [0.25, 0.3) is 0 Å². The van der Waals surface area contributed by atoms with Gasteiger partial charge in [-0.3, -0.25) is 4.79 Å². The van der Waals surface area contributed by atoms with E-state index in [2.05, 4.69) is 9.47 Å². The van der Waals surface area contributed by atoms with Crippen LogP contribution in [-0.2, 0) is 38.2 Å². The smallest absolute Gasteiger partial charge is 1.00 e. The van der Waals surface area contributed by atoms with E-state index in [-0.39, 0.29) is 124 Å². The number of carbonyl (C=O) groups is 6. The predicted molar refractivity (Wildman–Crippen MR) is 76.6 cm³/mol. The molecule has 0 radical (unpaired) electrons. The van der Waals surface area contributed by atoms with E-state index >= 15 is 0 Å². The maximum absolute atomic E-state index is 11.3. The van der Waals surface area contributed by atoms with E-state index in [1.165, 1.54) is 0 Å². The first kappa shape index (κ1) is 42.2. The summed E-state index contributed by atoms with van der Waals surface area (Å²) in [6, 6.07) is 0. The number of hydrogen-bond donors (Lipinski definition) is 7. The van der Waals surface area contributed by atoms with Gasteiger partial charge in [-0.25, -0.2) is 24.0 Å². The van der Waals surface area contributed by atoms with Crippen LogP contribution in [-0.4, -0.2) is 102 Å². The minimum Gasteiger partial charge on any atom is -1.00 e. The average Bonchev–Trinajstić information content (AvgIpc) is 2.58. The largest absolute Gasteiger partial charge is 1.00 e. The maximum atomic E-state index is 11.3. The summed E-state index contributed by atoms with van der Waals surface area (Å²) in [6.45, 7) is 0. The zero-order chi connectivity index (χ0) is 21.5. The molecule has 5 atom stereocenters. The van der Waals surface area contributed by atoms with E-state index in [0.717, 1.165) is 0 Å². The second kappa shape index (κ2) is 20.4. The molecular weight excluding hydrogens is 476 g/mol. The Kier molecular flexibility index (Phi) is 27.8. The van der Waals surface area contributed by atoms with Crippen molar-refractivity contribution in [2.24, 2.45) is 0 Å². The fraction of sp³-hybridized carbons (Fsp3) is 0.500. The first-order valence-electron chi connectivity index (χ1n) is 6.65.